The predicted molar refractivity (Wildman–Crippen MR) is 50.5 cm³/mol. The van der Waals surface area contributed by atoms with Crippen LogP contribution in [0.1, 0.15) is 17.2 Å². The second-order valence-corrected chi connectivity index (χ2v) is 3.38. The molecule has 0 unspecified atom stereocenters. The molecular formula is C10H14N2O. The maximum Gasteiger partial charge on any atom is 0.0662 e. The van der Waals surface area contributed by atoms with Gasteiger partial charge in [0, 0.05) is 18.9 Å². The third-order valence-electron chi connectivity index (χ3n) is 2.22. The van der Waals surface area contributed by atoms with E-state index in [1.54, 1.807) is 0 Å². The number of hydrogen-bond donors (Lipinski definition) is 1. The summed E-state index contributed by atoms with van der Waals surface area (Å²) in [7, 11) is 0. The minimum Gasteiger partial charge on any atom is -0.378 e. The minimum atomic E-state index is 0.321. The van der Waals surface area contributed by atoms with Crippen molar-refractivity contribution < 1.29 is 4.74 Å². The van der Waals surface area contributed by atoms with Crippen molar-refractivity contribution in [3.63, 3.8) is 0 Å². The highest BCUT2D eigenvalue weighted by Crippen LogP contribution is 2.15. The third-order valence-corrected chi connectivity index (χ3v) is 2.22. The number of rotatable bonds is 1. The van der Waals surface area contributed by atoms with Crippen LogP contribution >= 0.6 is 0 Å². The van der Waals surface area contributed by atoms with E-state index in [-0.39, 0.29) is 0 Å². The number of nitrogens with zero attached hydrogens (tertiary/aromatic N) is 1. The molecule has 0 radical (unpaired) electrons. The highest BCUT2D eigenvalue weighted by molar-refractivity contribution is 5.20. The lowest BCUT2D eigenvalue weighted by Crippen LogP contribution is -2.34. The summed E-state index contributed by atoms with van der Waals surface area (Å²) in [5.41, 5.74) is 2.42. The number of morpholine rings is 1. The van der Waals surface area contributed by atoms with Gasteiger partial charge in [0.05, 0.1) is 19.3 Å². The highest BCUT2D eigenvalue weighted by Gasteiger charge is 2.14. The first kappa shape index (κ1) is 8.66. The van der Waals surface area contributed by atoms with Crippen molar-refractivity contribution in [2.24, 2.45) is 0 Å². The van der Waals surface area contributed by atoms with E-state index in [1.165, 1.54) is 11.1 Å². The molecule has 0 aromatic carbocycles. The zero-order valence-corrected chi connectivity index (χ0v) is 7.79. The molecule has 2 heterocycles. The molecule has 1 aromatic rings. The van der Waals surface area contributed by atoms with Crippen molar-refractivity contribution in [3.05, 3.63) is 29.6 Å². The molecule has 2 rings (SSSR count). The molecule has 1 aromatic heterocycles. The van der Waals surface area contributed by atoms with Crippen molar-refractivity contribution >= 4 is 0 Å². The summed E-state index contributed by atoms with van der Waals surface area (Å²) in [6, 6.07) is 2.47. The Bertz CT molecular complexity index is 282. The minimum absolute atomic E-state index is 0.321. The Morgan fingerprint density at radius 1 is 1.54 bits per heavy atom. The van der Waals surface area contributed by atoms with E-state index in [0.717, 1.165) is 19.8 Å². The van der Waals surface area contributed by atoms with Gasteiger partial charge in [-0.2, -0.15) is 0 Å². The van der Waals surface area contributed by atoms with E-state index < -0.39 is 0 Å². The van der Waals surface area contributed by atoms with Crippen LogP contribution in [-0.2, 0) is 4.74 Å². The highest BCUT2D eigenvalue weighted by atomic mass is 16.5. The Hall–Kier alpha value is -0.930. The van der Waals surface area contributed by atoms with Crippen LogP contribution < -0.4 is 5.32 Å². The van der Waals surface area contributed by atoms with Crippen molar-refractivity contribution in [3.8, 4) is 0 Å². The van der Waals surface area contributed by atoms with E-state index in [9.17, 15) is 0 Å². The molecular weight excluding hydrogens is 164 g/mol. The van der Waals surface area contributed by atoms with Gasteiger partial charge < -0.3 is 10.1 Å². The smallest absolute Gasteiger partial charge is 0.0662 e. The Kier molecular flexibility index (Phi) is 2.57. The van der Waals surface area contributed by atoms with Crippen LogP contribution in [0.5, 0.6) is 0 Å². The summed E-state index contributed by atoms with van der Waals surface area (Å²) >= 11 is 0. The molecule has 3 heteroatoms. The Labute approximate surface area is 78.1 Å². The zero-order valence-electron chi connectivity index (χ0n) is 7.79. The van der Waals surface area contributed by atoms with Crippen LogP contribution in [-0.4, -0.2) is 24.7 Å². The molecule has 1 fully saturated rings. The number of ether oxygens (including phenoxy) is 1. The number of nitrogens with one attached hydrogen (secondary N) is 1. The SMILES string of the molecule is Cc1cncc([C@@H]2COCCN2)c1. The number of hydrogen-bond acceptors (Lipinski definition) is 3. The predicted octanol–water partition coefficient (Wildman–Crippen LogP) is 1.05. The molecule has 70 valence electrons. The standard InChI is InChI=1S/C10H14N2O/c1-8-4-9(6-11-5-8)10-7-13-3-2-12-10/h4-6,10,12H,2-3,7H2,1H3/t10-/m0/s1. The molecule has 1 N–H and O–H groups in total. The average molecular weight is 178 g/mol. The Morgan fingerprint density at radius 3 is 3.15 bits per heavy atom. The maximum atomic E-state index is 5.39. The molecule has 1 aliphatic rings. The van der Waals surface area contributed by atoms with Gasteiger partial charge in [-0.1, -0.05) is 6.07 Å². The van der Waals surface area contributed by atoms with E-state index in [1.807, 2.05) is 12.4 Å². The summed E-state index contributed by atoms with van der Waals surface area (Å²) in [4.78, 5) is 4.16. The second-order valence-electron chi connectivity index (χ2n) is 3.38. The van der Waals surface area contributed by atoms with E-state index in [4.69, 9.17) is 4.74 Å². The molecule has 13 heavy (non-hydrogen) atoms. The van der Waals surface area contributed by atoms with E-state index in [2.05, 4.69) is 23.3 Å². The van der Waals surface area contributed by atoms with Crippen LogP contribution in [0.15, 0.2) is 18.5 Å². The fourth-order valence-electron chi connectivity index (χ4n) is 1.55. The van der Waals surface area contributed by atoms with Gasteiger partial charge in [0.25, 0.3) is 0 Å². The van der Waals surface area contributed by atoms with Crippen LogP contribution in [0.4, 0.5) is 0 Å². The van der Waals surface area contributed by atoms with Crippen LogP contribution in [0.3, 0.4) is 0 Å². The number of pyridine rings is 1. The summed E-state index contributed by atoms with van der Waals surface area (Å²) in [5, 5.41) is 3.40. The third kappa shape index (κ3) is 2.05. The topological polar surface area (TPSA) is 34.1 Å². The molecule has 0 aliphatic carbocycles. The van der Waals surface area contributed by atoms with Crippen molar-refractivity contribution in [2.45, 2.75) is 13.0 Å². The molecule has 0 bridgehead atoms. The first-order chi connectivity index (χ1) is 6.36. The number of aromatic nitrogens is 1. The fraction of sp³-hybridized carbons (Fsp3) is 0.500. The normalized spacial score (nSPS) is 23.0. The van der Waals surface area contributed by atoms with Crippen LogP contribution in [0, 0.1) is 6.92 Å². The maximum absolute atomic E-state index is 5.39. The first-order valence-corrected chi connectivity index (χ1v) is 4.59. The van der Waals surface area contributed by atoms with E-state index >= 15 is 0 Å². The lowest BCUT2D eigenvalue weighted by atomic mass is 10.1. The summed E-state index contributed by atoms with van der Waals surface area (Å²) in [6.45, 7) is 4.56. The molecule has 1 atom stereocenters. The molecule has 0 amide bonds. The van der Waals surface area contributed by atoms with Gasteiger partial charge in [-0.15, -0.1) is 0 Å². The number of aryl methyl sites for hydroxylation is 1. The summed E-state index contributed by atoms with van der Waals surface area (Å²) < 4.78 is 5.39. The average Bonchev–Trinajstić information content (AvgIpc) is 2.19. The van der Waals surface area contributed by atoms with Crippen LogP contribution in [0.25, 0.3) is 0 Å². The molecule has 1 saturated heterocycles. The second kappa shape index (κ2) is 3.85. The quantitative estimate of drug-likeness (QED) is 0.698. The van der Waals surface area contributed by atoms with Gasteiger partial charge in [0.15, 0.2) is 0 Å². The molecule has 3 nitrogen and oxygen atoms in total. The van der Waals surface area contributed by atoms with Gasteiger partial charge in [-0.3, -0.25) is 4.98 Å². The molecule has 0 saturated carbocycles. The lowest BCUT2D eigenvalue weighted by Gasteiger charge is -2.23. The van der Waals surface area contributed by atoms with Crippen molar-refractivity contribution in [1.29, 1.82) is 0 Å². The monoisotopic (exact) mass is 178 g/mol. The lowest BCUT2D eigenvalue weighted by molar-refractivity contribution is 0.0767. The van der Waals surface area contributed by atoms with Gasteiger partial charge in [0.1, 0.15) is 0 Å². The van der Waals surface area contributed by atoms with Gasteiger partial charge >= 0.3 is 0 Å². The van der Waals surface area contributed by atoms with Crippen LogP contribution in [0.2, 0.25) is 0 Å². The van der Waals surface area contributed by atoms with Gasteiger partial charge in [-0.25, -0.2) is 0 Å². The fourth-order valence-corrected chi connectivity index (χ4v) is 1.55. The van der Waals surface area contributed by atoms with Gasteiger partial charge in [-0.05, 0) is 18.1 Å². The Balaban J connectivity index is 2.14. The summed E-state index contributed by atoms with van der Waals surface area (Å²) in [6.07, 6.45) is 3.77. The first-order valence-electron chi connectivity index (χ1n) is 4.59. The molecule has 1 aliphatic heterocycles. The van der Waals surface area contributed by atoms with E-state index in [0.29, 0.717) is 6.04 Å². The zero-order chi connectivity index (χ0) is 9.10. The molecule has 0 spiro atoms. The van der Waals surface area contributed by atoms with Gasteiger partial charge in [0.2, 0.25) is 0 Å². The largest absolute Gasteiger partial charge is 0.378 e. The van der Waals surface area contributed by atoms with Crippen molar-refractivity contribution in [2.75, 3.05) is 19.8 Å². The Morgan fingerprint density at radius 2 is 2.46 bits per heavy atom. The van der Waals surface area contributed by atoms with Crippen molar-refractivity contribution in [1.82, 2.24) is 10.3 Å². The summed E-state index contributed by atoms with van der Waals surface area (Å²) in [5.74, 6) is 0.